The van der Waals surface area contributed by atoms with Gasteiger partial charge in [0.2, 0.25) is 0 Å². The monoisotopic (exact) mass is 985 g/mol. The Bertz CT molecular complexity index is 1460. The molecule has 0 aliphatic carbocycles. The van der Waals surface area contributed by atoms with Crippen LogP contribution in [0.2, 0.25) is 0 Å². The molecule has 71 heavy (non-hydrogen) atoms. The highest BCUT2D eigenvalue weighted by Crippen LogP contribution is 2.16. The molecule has 0 aromatic heterocycles. The van der Waals surface area contributed by atoms with Gasteiger partial charge in [0.15, 0.2) is 6.10 Å². The maximum Gasteiger partial charge on any atom is 0.306 e. The SMILES string of the molecule is CC\C=C/C=C\C=C/C=C\C=C\C=C/CCCCCC(=O)OCC(COC(=O)CCCCCCC\C=C/C=C\C=C/CCCCCCC)OC(=O)CCCCCCCCCCCCCCCCCCCC. The first-order valence-corrected chi connectivity index (χ1v) is 29.5. The minimum atomic E-state index is -0.806. The zero-order valence-corrected chi connectivity index (χ0v) is 46.2. The Balaban J connectivity index is 4.50. The molecule has 6 nitrogen and oxygen atoms in total. The molecule has 0 fully saturated rings. The first-order chi connectivity index (χ1) is 35.0. The number of rotatable bonds is 52. The molecule has 1 unspecified atom stereocenters. The Morgan fingerprint density at radius 3 is 0.873 bits per heavy atom. The second kappa shape index (κ2) is 58.6. The summed E-state index contributed by atoms with van der Waals surface area (Å²) in [5.41, 5.74) is 0. The van der Waals surface area contributed by atoms with Gasteiger partial charge < -0.3 is 14.2 Å². The van der Waals surface area contributed by atoms with Gasteiger partial charge in [0.05, 0.1) is 0 Å². The minimum absolute atomic E-state index is 0.103. The lowest BCUT2D eigenvalue weighted by atomic mass is 10.0. The summed E-state index contributed by atoms with van der Waals surface area (Å²) in [6, 6.07) is 0. The zero-order valence-electron chi connectivity index (χ0n) is 46.2. The highest BCUT2D eigenvalue weighted by atomic mass is 16.6. The van der Waals surface area contributed by atoms with Crippen molar-refractivity contribution in [3.05, 3.63) is 109 Å². The zero-order chi connectivity index (χ0) is 51.4. The third-order valence-electron chi connectivity index (χ3n) is 12.5. The molecule has 0 aromatic carbocycles. The number of hydrogen-bond acceptors (Lipinski definition) is 6. The van der Waals surface area contributed by atoms with Crippen LogP contribution in [0.15, 0.2) is 109 Å². The first kappa shape index (κ1) is 67.1. The highest BCUT2D eigenvalue weighted by molar-refractivity contribution is 5.71. The Hall–Kier alpha value is -3.93. The van der Waals surface area contributed by atoms with Crippen molar-refractivity contribution in [2.75, 3.05) is 13.2 Å². The van der Waals surface area contributed by atoms with Crippen molar-refractivity contribution >= 4 is 17.9 Å². The van der Waals surface area contributed by atoms with Gasteiger partial charge in [-0.25, -0.2) is 0 Å². The average Bonchev–Trinajstić information content (AvgIpc) is 3.37. The van der Waals surface area contributed by atoms with E-state index in [2.05, 4.69) is 69.4 Å². The number of hydrogen-bond donors (Lipinski definition) is 0. The number of allylic oxidation sites excluding steroid dienone is 18. The third-order valence-corrected chi connectivity index (χ3v) is 12.5. The molecule has 6 heteroatoms. The van der Waals surface area contributed by atoms with Crippen molar-refractivity contribution in [1.29, 1.82) is 0 Å². The van der Waals surface area contributed by atoms with E-state index >= 15 is 0 Å². The Kier molecular flexibility index (Phi) is 55.4. The fourth-order valence-electron chi connectivity index (χ4n) is 8.06. The van der Waals surface area contributed by atoms with Gasteiger partial charge in [-0.15, -0.1) is 0 Å². The lowest BCUT2D eigenvalue weighted by Gasteiger charge is -2.18. The van der Waals surface area contributed by atoms with Crippen molar-refractivity contribution < 1.29 is 28.6 Å². The summed E-state index contributed by atoms with van der Waals surface area (Å²) < 4.78 is 16.8. The normalized spacial score (nSPS) is 12.9. The van der Waals surface area contributed by atoms with E-state index < -0.39 is 6.10 Å². The van der Waals surface area contributed by atoms with E-state index in [-0.39, 0.29) is 31.1 Å². The van der Waals surface area contributed by atoms with E-state index in [1.807, 2.05) is 60.8 Å². The van der Waals surface area contributed by atoms with Crippen LogP contribution in [-0.2, 0) is 28.6 Å². The van der Waals surface area contributed by atoms with Crippen LogP contribution >= 0.6 is 0 Å². The van der Waals surface area contributed by atoms with Crippen LogP contribution in [0.1, 0.15) is 265 Å². The van der Waals surface area contributed by atoms with Crippen LogP contribution in [0.4, 0.5) is 0 Å². The number of carbonyl (C=O) groups is 3. The van der Waals surface area contributed by atoms with Crippen molar-refractivity contribution in [3.63, 3.8) is 0 Å². The maximum absolute atomic E-state index is 12.9. The summed E-state index contributed by atoms with van der Waals surface area (Å²) >= 11 is 0. The van der Waals surface area contributed by atoms with Crippen LogP contribution in [-0.4, -0.2) is 37.2 Å². The van der Waals surface area contributed by atoms with Gasteiger partial charge in [0.25, 0.3) is 0 Å². The number of carbonyl (C=O) groups excluding carboxylic acids is 3. The molecule has 0 aliphatic rings. The van der Waals surface area contributed by atoms with Crippen molar-refractivity contribution in [3.8, 4) is 0 Å². The molecule has 0 amide bonds. The largest absolute Gasteiger partial charge is 0.462 e. The first-order valence-electron chi connectivity index (χ1n) is 29.5. The van der Waals surface area contributed by atoms with Crippen molar-refractivity contribution in [2.45, 2.75) is 271 Å². The van der Waals surface area contributed by atoms with Gasteiger partial charge in [-0.2, -0.15) is 0 Å². The van der Waals surface area contributed by atoms with E-state index in [0.717, 1.165) is 96.3 Å². The van der Waals surface area contributed by atoms with Crippen LogP contribution in [0.3, 0.4) is 0 Å². The molecule has 0 saturated carbocycles. The predicted octanol–water partition coefficient (Wildman–Crippen LogP) is 19.9. The standard InChI is InChI=1S/C65H108O6/c1-4-7-10-13-16-19-22-25-28-31-34-37-40-43-46-49-52-55-58-64(67)70-61-62(60-69-63(66)57-54-51-48-45-42-39-36-33-30-27-24-21-18-15-12-9-6-3)71-65(68)59-56-53-50-47-44-41-38-35-32-29-26-23-20-17-14-11-8-5-2/h9,12,15,18,21-22,24-25,27-28,30-31,33-34,36-37,39,42,62H,4-8,10-11,13-14,16-17,19-20,23,26,29,32,35,38,40-41,43-61H2,1-3H3/b12-9-,18-15-,24-21-,25-22-,30-27-,31-28-,36-33+,37-34-,42-39-. The molecule has 0 aromatic rings. The van der Waals surface area contributed by atoms with Crippen LogP contribution in [0.25, 0.3) is 0 Å². The molecule has 404 valence electrons. The third kappa shape index (κ3) is 56.9. The molecule has 0 bridgehead atoms. The van der Waals surface area contributed by atoms with Gasteiger partial charge in [0, 0.05) is 19.3 Å². The molecule has 0 rings (SSSR count). The Morgan fingerprint density at radius 1 is 0.296 bits per heavy atom. The van der Waals surface area contributed by atoms with E-state index in [1.54, 1.807) is 0 Å². The van der Waals surface area contributed by atoms with E-state index in [9.17, 15) is 14.4 Å². The molecule has 0 N–H and O–H groups in total. The van der Waals surface area contributed by atoms with Gasteiger partial charge in [0.1, 0.15) is 13.2 Å². The van der Waals surface area contributed by atoms with Gasteiger partial charge in [-0.3, -0.25) is 14.4 Å². The predicted molar refractivity (Wildman–Crippen MR) is 307 cm³/mol. The van der Waals surface area contributed by atoms with Crippen molar-refractivity contribution in [2.24, 2.45) is 0 Å². The summed E-state index contributed by atoms with van der Waals surface area (Å²) in [6.07, 6.45) is 79.3. The quantitative estimate of drug-likeness (QED) is 0.0261. The summed E-state index contributed by atoms with van der Waals surface area (Å²) in [5.74, 6) is -0.960. The highest BCUT2D eigenvalue weighted by Gasteiger charge is 2.19. The summed E-state index contributed by atoms with van der Waals surface area (Å²) in [6.45, 7) is 6.44. The smallest absolute Gasteiger partial charge is 0.306 e. The number of esters is 3. The molecule has 0 heterocycles. The molecule has 0 radical (unpaired) electrons. The van der Waals surface area contributed by atoms with E-state index in [0.29, 0.717) is 19.3 Å². The van der Waals surface area contributed by atoms with Crippen LogP contribution in [0, 0.1) is 0 Å². The van der Waals surface area contributed by atoms with Gasteiger partial charge in [-0.1, -0.05) is 291 Å². The van der Waals surface area contributed by atoms with Gasteiger partial charge >= 0.3 is 17.9 Å². The fraction of sp³-hybridized carbons (Fsp3) is 0.677. The lowest BCUT2D eigenvalue weighted by Crippen LogP contribution is -2.30. The molecule has 1 atom stereocenters. The summed E-state index contributed by atoms with van der Waals surface area (Å²) in [7, 11) is 0. The van der Waals surface area contributed by atoms with Crippen LogP contribution in [0.5, 0.6) is 0 Å². The molecular weight excluding hydrogens is 877 g/mol. The maximum atomic E-state index is 12.9. The minimum Gasteiger partial charge on any atom is -0.462 e. The second-order valence-corrected chi connectivity index (χ2v) is 19.4. The Morgan fingerprint density at radius 2 is 0.549 bits per heavy atom. The van der Waals surface area contributed by atoms with E-state index in [4.69, 9.17) is 14.2 Å². The van der Waals surface area contributed by atoms with Crippen molar-refractivity contribution in [1.82, 2.24) is 0 Å². The fourth-order valence-corrected chi connectivity index (χ4v) is 8.06. The summed E-state index contributed by atoms with van der Waals surface area (Å²) in [4.78, 5) is 38.2. The summed E-state index contributed by atoms with van der Waals surface area (Å²) in [5, 5.41) is 0. The van der Waals surface area contributed by atoms with E-state index in [1.165, 1.54) is 128 Å². The molecule has 0 aliphatic heterocycles. The average molecular weight is 986 g/mol. The molecule has 0 saturated heterocycles. The number of ether oxygens (including phenoxy) is 3. The topological polar surface area (TPSA) is 78.9 Å². The number of unbranched alkanes of at least 4 members (excludes halogenated alkanes) is 30. The lowest BCUT2D eigenvalue weighted by molar-refractivity contribution is -0.167. The van der Waals surface area contributed by atoms with Gasteiger partial charge in [-0.05, 0) is 64.2 Å². The van der Waals surface area contributed by atoms with Crippen LogP contribution < -0.4 is 0 Å². The second-order valence-electron chi connectivity index (χ2n) is 19.4. The molecular formula is C65H108O6. The Labute approximate surface area is 438 Å². The molecule has 0 spiro atoms.